The van der Waals surface area contributed by atoms with Gasteiger partial charge in [0.1, 0.15) is 11.4 Å². The van der Waals surface area contributed by atoms with Crippen LogP contribution in [0.4, 0.5) is 5.69 Å². The molecule has 3 aromatic rings. The van der Waals surface area contributed by atoms with E-state index in [-0.39, 0.29) is 16.6 Å². The van der Waals surface area contributed by atoms with Gasteiger partial charge < -0.3 is 25.3 Å². The van der Waals surface area contributed by atoms with Crippen LogP contribution in [0, 0.1) is 24.3 Å². The van der Waals surface area contributed by atoms with E-state index in [0.717, 1.165) is 11.8 Å². The summed E-state index contributed by atoms with van der Waals surface area (Å²) in [6.45, 7) is 3.49. The van der Waals surface area contributed by atoms with Gasteiger partial charge in [0.15, 0.2) is 5.82 Å². The van der Waals surface area contributed by atoms with E-state index < -0.39 is 11.2 Å². The fraction of sp³-hybridized carbons (Fsp3) is 0.200. The predicted molar refractivity (Wildman–Crippen MR) is 92.5 cm³/mol. The van der Waals surface area contributed by atoms with E-state index in [1.165, 1.54) is 12.1 Å². The van der Waals surface area contributed by atoms with Crippen molar-refractivity contribution in [3.63, 3.8) is 0 Å². The van der Waals surface area contributed by atoms with Crippen molar-refractivity contribution in [2.75, 3.05) is 5.75 Å². The summed E-state index contributed by atoms with van der Waals surface area (Å²) >= 11 is 0.955. The average molecular weight is 376 g/mol. The molecular weight excluding hydrogens is 362 g/mol. The molecule has 3 N–H and O–H groups in total. The average Bonchev–Trinajstić information content (AvgIpc) is 3.19. The summed E-state index contributed by atoms with van der Waals surface area (Å²) in [5.41, 5.74) is 2.34. The minimum absolute atomic E-state index is 0.0337. The van der Waals surface area contributed by atoms with Crippen molar-refractivity contribution in [3.05, 3.63) is 40.1 Å². The molecule has 0 aliphatic heterocycles. The van der Waals surface area contributed by atoms with E-state index in [9.17, 15) is 15.2 Å². The van der Waals surface area contributed by atoms with Crippen molar-refractivity contribution < 1.29 is 19.7 Å². The Balaban J connectivity index is 2.03. The minimum atomic E-state index is -1.33. The Kier molecular flexibility index (Phi) is 5.04. The van der Waals surface area contributed by atoms with E-state index >= 15 is 0 Å². The first-order valence-electron chi connectivity index (χ1n) is 7.42. The lowest BCUT2D eigenvalue weighted by Crippen LogP contribution is -2.96. The fourth-order valence-corrected chi connectivity index (χ4v) is 3.01. The molecule has 3 rings (SSSR count). The Labute approximate surface area is 151 Å². The minimum Gasteiger partial charge on any atom is -0.628 e. The SMILES string of the molecule is Cc1noc(C)c1-c1cc(-c2nc(SCC(=O)O)n[nH]2)cc([NH+]([O-])[O-])c1. The van der Waals surface area contributed by atoms with Crippen LogP contribution in [0.5, 0.6) is 0 Å². The van der Waals surface area contributed by atoms with Crippen molar-refractivity contribution >= 4 is 23.4 Å². The second-order valence-corrected chi connectivity index (χ2v) is 6.38. The third kappa shape index (κ3) is 3.75. The number of H-pyrrole nitrogens is 1. The summed E-state index contributed by atoms with van der Waals surface area (Å²) in [5.74, 6) is -0.296. The zero-order chi connectivity index (χ0) is 18.8. The topological polar surface area (TPSA) is 155 Å². The molecule has 0 fully saturated rings. The molecule has 0 amide bonds. The van der Waals surface area contributed by atoms with Gasteiger partial charge in [-0.15, -0.1) is 5.10 Å². The summed E-state index contributed by atoms with van der Waals surface area (Å²) in [5, 5.41) is 40.9. The highest BCUT2D eigenvalue weighted by Crippen LogP contribution is 2.32. The Bertz CT molecular complexity index is 932. The molecule has 2 heterocycles. The molecule has 0 saturated heterocycles. The highest BCUT2D eigenvalue weighted by Gasteiger charge is 2.16. The maximum atomic E-state index is 11.4. The quantitative estimate of drug-likeness (QED) is 0.428. The molecule has 26 heavy (non-hydrogen) atoms. The van der Waals surface area contributed by atoms with Gasteiger partial charge in [0, 0.05) is 23.3 Å². The lowest BCUT2D eigenvalue weighted by molar-refractivity contribution is -0.715. The summed E-state index contributed by atoms with van der Waals surface area (Å²) < 4.78 is 5.15. The summed E-state index contributed by atoms with van der Waals surface area (Å²) in [4.78, 5) is 14.8. The number of carbonyl (C=O) groups is 1. The number of thioether (sulfide) groups is 1. The normalized spacial score (nSPS) is 11.3. The van der Waals surface area contributed by atoms with Crippen molar-refractivity contribution in [1.29, 1.82) is 0 Å². The standard InChI is InChI=1S/C15H14N5O5S/c1-7-13(8(2)25-19-7)9-3-10(5-11(4-9)20(23)24)14-16-15(18-17-14)26-6-12(21)22/h3-5,20H,6H2,1-2H3,(H,21,22)(H,16,17,18)/q-1. The fourth-order valence-electron chi connectivity index (χ4n) is 2.49. The number of aromatic nitrogens is 4. The summed E-state index contributed by atoms with van der Waals surface area (Å²) in [6.07, 6.45) is 0. The zero-order valence-electron chi connectivity index (χ0n) is 13.8. The molecule has 0 radical (unpaired) electrons. The maximum Gasteiger partial charge on any atom is 0.313 e. The third-order valence-corrected chi connectivity index (χ3v) is 4.39. The second kappa shape index (κ2) is 7.25. The molecule has 10 nitrogen and oxygen atoms in total. The van der Waals surface area contributed by atoms with E-state index in [1.807, 2.05) is 0 Å². The molecule has 11 heteroatoms. The first-order valence-corrected chi connectivity index (χ1v) is 8.40. The van der Waals surface area contributed by atoms with Crippen LogP contribution in [0.25, 0.3) is 22.5 Å². The number of hydrogen-bond acceptors (Lipinski definition) is 8. The van der Waals surface area contributed by atoms with Crippen LogP contribution in [0.2, 0.25) is 0 Å². The van der Waals surface area contributed by atoms with Crippen LogP contribution in [0.3, 0.4) is 0 Å². The van der Waals surface area contributed by atoms with Gasteiger partial charge in [-0.3, -0.25) is 9.89 Å². The second-order valence-electron chi connectivity index (χ2n) is 5.43. The van der Waals surface area contributed by atoms with Gasteiger partial charge >= 0.3 is 5.97 Å². The van der Waals surface area contributed by atoms with Gasteiger partial charge in [-0.25, -0.2) is 4.98 Å². The zero-order valence-corrected chi connectivity index (χ0v) is 14.6. The Morgan fingerprint density at radius 1 is 1.31 bits per heavy atom. The molecule has 0 aliphatic carbocycles. The number of aromatic amines is 1. The number of hydrogen-bond donors (Lipinski definition) is 3. The van der Waals surface area contributed by atoms with Crippen LogP contribution >= 0.6 is 11.8 Å². The van der Waals surface area contributed by atoms with Crippen LogP contribution in [0.15, 0.2) is 27.9 Å². The number of quaternary nitrogens is 1. The Morgan fingerprint density at radius 2 is 2.04 bits per heavy atom. The number of carboxylic acids is 1. The highest BCUT2D eigenvalue weighted by atomic mass is 32.2. The van der Waals surface area contributed by atoms with Gasteiger partial charge in [-0.2, -0.15) is 0 Å². The predicted octanol–water partition coefficient (Wildman–Crippen LogP) is 1.43. The Hall–Kier alpha value is -2.73. The molecule has 0 saturated carbocycles. The van der Waals surface area contributed by atoms with Gasteiger partial charge in [0.2, 0.25) is 5.16 Å². The van der Waals surface area contributed by atoms with Gasteiger partial charge in [0.05, 0.1) is 11.4 Å². The first kappa shape index (κ1) is 18.1. The molecule has 1 aromatic carbocycles. The number of carboxylic acid groups (broad SMARTS) is 1. The van der Waals surface area contributed by atoms with Crippen LogP contribution in [-0.4, -0.2) is 37.2 Å². The van der Waals surface area contributed by atoms with Gasteiger partial charge in [-0.1, -0.05) is 16.9 Å². The number of aryl methyl sites for hydroxylation is 2. The molecule has 0 atom stereocenters. The molecule has 0 spiro atoms. The lowest BCUT2D eigenvalue weighted by atomic mass is 10.0. The maximum absolute atomic E-state index is 11.4. The van der Waals surface area contributed by atoms with E-state index in [2.05, 4.69) is 20.3 Å². The molecule has 0 aliphatic rings. The number of nitrogens with one attached hydrogen (secondary N) is 2. The number of benzene rings is 1. The molecule has 136 valence electrons. The first-order chi connectivity index (χ1) is 12.3. The molecular formula is C15H14N5O5S-. The van der Waals surface area contributed by atoms with Crippen molar-refractivity contribution in [2.24, 2.45) is 0 Å². The molecule has 0 bridgehead atoms. The number of aliphatic carboxylic acids is 1. The van der Waals surface area contributed by atoms with Crippen LogP contribution < -0.4 is 5.23 Å². The van der Waals surface area contributed by atoms with E-state index in [0.29, 0.717) is 34.0 Å². The van der Waals surface area contributed by atoms with E-state index in [4.69, 9.17) is 9.63 Å². The summed E-state index contributed by atoms with van der Waals surface area (Å²) in [7, 11) is 0. The van der Waals surface area contributed by atoms with E-state index in [1.54, 1.807) is 19.9 Å². The molecule has 0 unspecified atom stereocenters. The molecule has 2 aromatic heterocycles. The third-order valence-electron chi connectivity index (χ3n) is 3.55. The van der Waals surface area contributed by atoms with Crippen molar-refractivity contribution in [1.82, 2.24) is 20.3 Å². The van der Waals surface area contributed by atoms with Crippen LogP contribution in [-0.2, 0) is 4.79 Å². The van der Waals surface area contributed by atoms with Gasteiger partial charge in [-0.05, 0) is 25.5 Å². The Morgan fingerprint density at radius 3 is 2.65 bits per heavy atom. The number of nitrogens with zero attached hydrogens (tertiary/aromatic N) is 3. The van der Waals surface area contributed by atoms with Crippen LogP contribution in [0.1, 0.15) is 11.5 Å². The number of rotatable bonds is 6. The van der Waals surface area contributed by atoms with Crippen molar-refractivity contribution in [2.45, 2.75) is 19.0 Å². The van der Waals surface area contributed by atoms with Gasteiger partial charge in [0.25, 0.3) is 0 Å². The summed E-state index contributed by atoms with van der Waals surface area (Å²) in [6, 6.07) is 4.61. The highest BCUT2D eigenvalue weighted by molar-refractivity contribution is 7.99. The van der Waals surface area contributed by atoms with Crippen molar-refractivity contribution in [3.8, 4) is 22.5 Å². The largest absolute Gasteiger partial charge is 0.628 e. The smallest absolute Gasteiger partial charge is 0.313 e. The monoisotopic (exact) mass is 376 g/mol. The lowest BCUT2D eigenvalue weighted by Gasteiger charge is -2.25.